The van der Waals surface area contributed by atoms with Crippen LogP contribution in [0.2, 0.25) is 0 Å². The number of nitrogens with zero attached hydrogens (tertiary/aromatic N) is 1. The zero-order valence-electron chi connectivity index (χ0n) is 21.2. The monoisotopic (exact) mass is 491 g/mol. The molecule has 6 aromatic rings. The molecular weight excluding hydrogens is 462 g/mol. The normalized spacial score (nSPS) is 15.0. The van der Waals surface area contributed by atoms with E-state index in [1.807, 2.05) is 36.4 Å². The number of rotatable bonds is 4. The van der Waals surface area contributed by atoms with Crippen LogP contribution in [0.5, 0.6) is 0 Å². The molecule has 184 valence electrons. The second kappa shape index (κ2) is 9.57. The summed E-state index contributed by atoms with van der Waals surface area (Å²) >= 11 is 0. The molecule has 0 amide bonds. The molecule has 0 aromatic heterocycles. The van der Waals surface area contributed by atoms with Gasteiger partial charge in [0.1, 0.15) is 0 Å². The molecule has 1 aliphatic rings. The number of hydrogen-bond acceptors (Lipinski definition) is 2. The van der Waals surface area contributed by atoms with Gasteiger partial charge in [0.15, 0.2) is 0 Å². The lowest BCUT2D eigenvalue weighted by atomic mass is 9.88. The molecule has 6 aromatic carbocycles. The van der Waals surface area contributed by atoms with E-state index < -0.39 is 6.10 Å². The standard InChI is InChI=1S/C36H29NO/c38-36(28-15-5-2-6-16-28)35(27-13-3-1-4-14-27)37-23-29-21-19-25-11-7-9-17-31(25)33(29)34-30(24-37)22-20-26-12-8-10-18-32(26)34/h1-22,35-36,38H,23-24H2/t35-,36+/m1/s1. The van der Waals surface area contributed by atoms with Crippen LogP contribution in [0.15, 0.2) is 133 Å². The first-order valence-electron chi connectivity index (χ1n) is 13.3. The first kappa shape index (κ1) is 22.9. The molecule has 1 aliphatic heterocycles. The van der Waals surface area contributed by atoms with Gasteiger partial charge in [-0.2, -0.15) is 0 Å². The summed E-state index contributed by atoms with van der Waals surface area (Å²) in [4.78, 5) is 2.46. The predicted molar refractivity (Wildman–Crippen MR) is 157 cm³/mol. The Hall–Kier alpha value is -4.24. The highest BCUT2D eigenvalue weighted by Gasteiger charge is 2.32. The Balaban J connectivity index is 1.48. The van der Waals surface area contributed by atoms with E-state index >= 15 is 0 Å². The lowest BCUT2D eigenvalue weighted by molar-refractivity contribution is 0.0379. The molecule has 7 rings (SSSR count). The SMILES string of the molecule is O[C@@H](c1ccccc1)[C@@H](c1ccccc1)N1Cc2ccc3ccccc3c2-c2c(ccc3ccccc23)C1. The maximum absolute atomic E-state index is 11.9. The zero-order valence-corrected chi connectivity index (χ0v) is 21.2. The Kier molecular flexibility index (Phi) is 5.77. The van der Waals surface area contributed by atoms with Gasteiger partial charge in [0, 0.05) is 13.1 Å². The van der Waals surface area contributed by atoms with E-state index in [1.54, 1.807) is 0 Å². The van der Waals surface area contributed by atoms with E-state index in [0.29, 0.717) is 0 Å². The van der Waals surface area contributed by atoms with E-state index in [1.165, 1.54) is 43.8 Å². The molecule has 1 heterocycles. The molecule has 0 aliphatic carbocycles. The van der Waals surface area contributed by atoms with Gasteiger partial charge in [-0.1, -0.05) is 133 Å². The minimum Gasteiger partial charge on any atom is -0.386 e. The van der Waals surface area contributed by atoms with Crippen molar-refractivity contribution in [1.82, 2.24) is 4.90 Å². The van der Waals surface area contributed by atoms with E-state index in [-0.39, 0.29) is 6.04 Å². The molecule has 38 heavy (non-hydrogen) atoms. The lowest BCUT2D eigenvalue weighted by Gasteiger charge is -2.35. The fraction of sp³-hybridized carbons (Fsp3) is 0.111. The van der Waals surface area contributed by atoms with Crippen molar-refractivity contribution in [1.29, 1.82) is 0 Å². The first-order chi connectivity index (χ1) is 18.8. The third kappa shape index (κ3) is 3.90. The number of benzene rings is 6. The van der Waals surface area contributed by atoms with Crippen molar-refractivity contribution in [3.05, 3.63) is 156 Å². The van der Waals surface area contributed by atoms with E-state index in [9.17, 15) is 5.11 Å². The summed E-state index contributed by atoms with van der Waals surface area (Å²) in [6.45, 7) is 1.49. The van der Waals surface area contributed by atoms with Crippen LogP contribution in [0.25, 0.3) is 32.7 Å². The summed E-state index contributed by atoms with van der Waals surface area (Å²) in [5.41, 5.74) is 7.27. The quantitative estimate of drug-likeness (QED) is 0.267. The molecule has 0 fully saturated rings. The van der Waals surface area contributed by atoms with Crippen LogP contribution in [-0.4, -0.2) is 10.0 Å². The molecule has 0 spiro atoms. The Morgan fingerprint density at radius 1 is 0.474 bits per heavy atom. The number of aliphatic hydroxyl groups excluding tert-OH is 1. The van der Waals surface area contributed by atoms with Crippen LogP contribution in [-0.2, 0) is 13.1 Å². The average Bonchev–Trinajstić information content (AvgIpc) is 3.15. The second-order valence-corrected chi connectivity index (χ2v) is 10.3. The molecule has 0 saturated heterocycles. The fourth-order valence-corrected chi connectivity index (χ4v) is 6.25. The Bertz CT molecular complexity index is 1660. The van der Waals surface area contributed by atoms with Crippen LogP contribution in [0.4, 0.5) is 0 Å². The topological polar surface area (TPSA) is 23.5 Å². The molecule has 0 radical (unpaired) electrons. The minimum absolute atomic E-state index is 0.199. The molecule has 0 unspecified atom stereocenters. The molecule has 1 N–H and O–H groups in total. The highest BCUT2D eigenvalue weighted by Crippen LogP contribution is 2.45. The minimum atomic E-state index is -0.662. The highest BCUT2D eigenvalue weighted by atomic mass is 16.3. The predicted octanol–water partition coefficient (Wildman–Crippen LogP) is 8.45. The Labute approximate surface area is 223 Å². The summed E-state index contributed by atoms with van der Waals surface area (Å²) in [5, 5.41) is 16.9. The van der Waals surface area contributed by atoms with Gasteiger partial charge in [0.2, 0.25) is 0 Å². The van der Waals surface area contributed by atoms with E-state index in [2.05, 4.69) is 102 Å². The van der Waals surface area contributed by atoms with Gasteiger partial charge in [-0.05, 0) is 54.9 Å². The van der Waals surface area contributed by atoms with Gasteiger partial charge in [0.05, 0.1) is 12.1 Å². The molecule has 2 heteroatoms. The first-order valence-corrected chi connectivity index (χ1v) is 13.3. The van der Waals surface area contributed by atoms with E-state index in [0.717, 1.165) is 24.2 Å². The number of fused-ring (bicyclic) bond motifs is 7. The third-order valence-electron chi connectivity index (χ3n) is 8.00. The average molecular weight is 492 g/mol. The molecule has 0 saturated carbocycles. The second-order valence-electron chi connectivity index (χ2n) is 10.3. The van der Waals surface area contributed by atoms with Crippen molar-refractivity contribution in [2.24, 2.45) is 0 Å². The highest BCUT2D eigenvalue weighted by molar-refractivity contribution is 6.08. The van der Waals surface area contributed by atoms with Crippen molar-refractivity contribution in [2.75, 3.05) is 0 Å². The third-order valence-corrected chi connectivity index (χ3v) is 8.00. The molecule has 2 nitrogen and oxygen atoms in total. The van der Waals surface area contributed by atoms with E-state index in [4.69, 9.17) is 0 Å². The van der Waals surface area contributed by atoms with Crippen molar-refractivity contribution >= 4 is 21.5 Å². The van der Waals surface area contributed by atoms with Crippen LogP contribution in [0.3, 0.4) is 0 Å². The van der Waals surface area contributed by atoms with Crippen LogP contribution >= 0.6 is 0 Å². The number of hydrogen-bond donors (Lipinski definition) is 1. The van der Waals surface area contributed by atoms with Gasteiger partial charge in [0.25, 0.3) is 0 Å². The summed E-state index contributed by atoms with van der Waals surface area (Å²) in [5.74, 6) is 0. The molecule has 0 bridgehead atoms. The van der Waals surface area contributed by atoms with Crippen molar-refractivity contribution < 1.29 is 5.11 Å². The largest absolute Gasteiger partial charge is 0.386 e. The Morgan fingerprint density at radius 3 is 1.45 bits per heavy atom. The van der Waals surface area contributed by atoms with Crippen molar-refractivity contribution in [2.45, 2.75) is 25.2 Å². The van der Waals surface area contributed by atoms with Gasteiger partial charge in [-0.25, -0.2) is 0 Å². The summed E-state index contributed by atoms with van der Waals surface area (Å²) < 4.78 is 0. The van der Waals surface area contributed by atoms with Crippen molar-refractivity contribution in [3.63, 3.8) is 0 Å². The zero-order chi connectivity index (χ0) is 25.5. The maximum Gasteiger partial charge on any atom is 0.0987 e. The maximum atomic E-state index is 11.9. The molecule has 2 atom stereocenters. The summed E-state index contributed by atoms with van der Waals surface area (Å²) in [7, 11) is 0. The molecular formula is C36H29NO. The smallest absolute Gasteiger partial charge is 0.0987 e. The van der Waals surface area contributed by atoms with Gasteiger partial charge in [-0.3, -0.25) is 4.90 Å². The summed E-state index contributed by atoms with van der Waals surface area (Å²) in [6.07, 6.45) is -0.662. The van der Waals surface area contributed by atoms with Gasteiger partial charge in [-0.15, -0.1) is 0 Å². The van der Waals surface area contributed by atoms with Crippen molar-refractivity contribution in [3.8, 4) is 11.1 Å². The van der Waals surface area contributed by atoms with Crippen LogP contribution in [0, 0.1) is 0 Å². The van der Waals surface area contributed by atoms with Gasteiger partial charge < -0.3 is 5.11 Å². The van der Waals surface area contributed by atoms with Crippen LogP contribution in [0.1, 0.15) is 34.4 Å². The van der Waals surface area contributed by atoms with Crippen LogP contribution < -0.4 is 0 Å². The number of aliphatic hydroxyl groups is 1. The van der Waals surface area contributed by atoms with Gasteiger partial charge >= 0.3 is 0 Å². The summed E-state index contributed by atoms with van der Waals surface area (Å²) in [6, 6.07) is 46.8. The lowest BCUT2D eigenvalue weighted by Crippen LogP contribution is -2.32. The Morgan fingerprint density at radius 2 is 0.921 bits per heavy atom. The fourth-order valence-electron chi connectivity index (χ4n) is 6.25.